The molecular formula is C27H31F3N4O2. The van der Waals surface area contributed by atoms with Gasteiger partial charge in [0.25, 0.3) is 5.91 Å². The minimum absolute atomic E-state index is 0.00570. The number of nitrogens with one attached hydrogen (secondary N) is 1. The van der Waals surface area contributed by atoms with E-state index in [0.717, 1.165) is 28.3 Å². The molecule has 1 fully saturated rings. The van der Waals surface area contributed by atoms with Gasteiger partial charge in [0, 0.05) is 23.5 Å². The molecule has 5 rings (SSSR count). The summed E-state index contributed by atoms with van der Waals surface area (Å²) in [4.78, 5) is 18.3. The Morgan fingerprint density at radius 2 is 1.86 bits per heavy atom. The van der Waals surface area contributed by atoms with Crippen molar-refractivity contribution >= 4 is 11.6 Å². The second kappa shape index (κ2) is 9.41. The molecule has 2 aliphatic rings. The second-order valence-corrected chi connectivity index (χ2v) is 10.2. The van der Waals surface area contributed by atoms with Crippen molar-refractivity contribution in [2.24, 2.45) is 5.92 Å². The number of halogens is 3. The van der Waals surface area contributed by atoms with Crippen LogP contribution in [0.3, 0.4) is 0 Å². The number of aromatic nitrogens is 3. The van der Waals surface area contributed by atoms with Gasteiger partial charge in [-0.05, 0) is 44.6 Å². The zero-order valence-electron chi connectivity index (χ0n) is 20.7. The van der Waals surface area contributed by atoms with Gasteiger partial charge in [0.1, 0.15) is 5.75 Å². The van der Waals surface area contributed by atoms with E-state index < -0.39 is 12.1 Å². The van der Waals surface area contributed by atoms with Gasteiger partial charge in [0.05, 0.1) is 41.7 Å². The fourth-order valence-electron chi connectivity index (χ4n) is 5.77. The molecule has 0 bridgehead atoms. The van der Waals surface area contributed by atoms with Crippen molar-refractivity contribution < 1.29 is 22.7 Å². The molecular weight excluding hydrogens is 469 g/mol. The zero-order valence-corrected chi connectivity index (χ0v) is 20.7. The van der Waals surface area contributed by atoms with E-state index in [1.54, 1.807) is 10.7 Å². The quantitative estimate of drug-likeness (QED) is 0.460. The number of nitrogens with zero attached hydrogens (tertiary/aromatic N) is 3. The first kappa shape index (κ1) is 24.6. The maximum Gasteiger partial charge on any atom is 0.391 e. The first-order valence-electron chi connectivity index (χ1n) is 12.6. The van der Waals surface area contributed by atoms with Gasteiger partial charge in [-0.15, -0.1) is 0 Å². The summed E-state index contributed by atoms with van der Waals surface area (Å²) in [6.45, 7) is 6.42. The molecule has 1 aliphatic carbocycles. The first-order valence-corrected chi connectivity index (χ1v) is 12.6. The number of benzene rings is 1. The van der Waals surface area contributed by atoms with Crippen LogP contribution in [0.25, 0.3) is 5.65 Å². The molecule has 0 saturated heterocycles. The molecule has 6 nitrogen and oxygen atoms in total. The predicted octanol–water partition coefficient (Wildman–Crippen LogP) is 6.25. The zero-order chi connectivity index (χ0) is 25.6. The van der Waals surface area contributed by atoms with Crippen molar-refractivity contribution in [2.45, 2.75) is 76.9 Å². The van der Waals surface area contributed by atoms with Crippen LogP contribution < -0.4 is 10.1 Å². The van der Waals surface area contributed by atoms with Gasteiger partial charge in [-0.2, -0.15) is 18.3 Å². The molecule has 1 amide bonds. The number of carbonyl (C=O) groups excluding carboxylic acids is 1. The molecule has 1 aromatic carbocycles. The van der Waals surface area contributed by atoms with Gasteiger partial charge in [0.2, 0.25) is 0 Å². The molecule has 0 spiro atoms. The van der Waals surface area contributed by atoms with E-state index >= 15 is 0 Å². The molecule has 36 heavy (non-hydrogen) atoms. The van der Waals surface area contributed by atoms with E-state index in [4.69, 9.17) is 9.72 Å². The van der Waals surface area contributed by atoms with Crippen LogP contribution in [0.2, 0.25) is 0 Å². The van der Waals surface area contributed by atoms with Crippen molar-refractivity contribution in [1.82, 2.24) is 19.9 Å². The van der Waals surface area contributed by atoms with Crippen molar-refractivity contribution in [1.29, 1.82) is 0 Å². The lowest BCUT2D eigenvalue weighted by atomic mass is 9.80. The summed E-state index contributed by atoms with van der Waals surface area (Å²) in [6, 6.07) is 7.53. The Morgan fingerprint density at radius 1 is 1.14 bits per heavy atom. The third-order valence-corrected chi connectivity index (χ3v) is 7.57. The highest BCUT2D eigenvalue weighted by atomic mass is 19.4. The van der Waals surface area contributed by atoms with E-state index in [1.165, 1.54) is 0 Å². The largest absolute Gasteiger partial charge is 0.493 e. The third kappa shape index (κ3) is 4.44. The summed E-state index contributed by atoms with van der Waals surface area (Å²) < 4.78 is 47.0. The number of imidazole rings is 1. The van der Waals surface area contributed by atoms with Gasteiger partial charge < -0.3 is 10.1 Å². The number of fused-ring (bicyclic) bond motifs is 2. The van der Waals surface area contributed by atoms with Gasteiger partial charge in [-0.25, -0.2) is 9.50 Å². The highest BCUT2D eigenvalue weighted by Gasteiger charge is 2.42. The molecule has 1 saturated carbocycles. The van der Waals surface area contributed by atoms with Gasteiger partial charge in [0.15, 0.2) is 5.65 Å². The molecule has 1 N–H and O–H groups in total. The Labute approximate surface area is 208 Å². The SMILES string of the molecule is Cc1nc2c(C(C)C)c(C(=O)NC3CCOc4ccccc43)cnn2c1C1CCC(C(F)(F)F)CC1. The van der Waals surface area contributed by atoms with Crippen molar-refractivity contribution in [2.75, 3.05) is 6.61 Å². The smallest absolute Gasteiger partial charge is 0.391 e. The van der Waals surface area contributed by atoms with Crippen LogP contribution in [0.5, 0.6) is 5.75 Å². The number of para-hydroxylation sites is 1. The van der Waals surface area contributed by atoms with Crippen molar-refractivity contribution in [3.63, 3.8) is 0 Å². The second-order valence-electron chi connectivity index (χ2n) is 10.2. The molecule has 3 aromatic rings. The standard InChI is InChI=1S/C27H31F3N4O2/c1-15(2)23-20(26(35)33-21-12-13-36-22-7-5-4-6-19(21)22)14-31-34-24(16(3)32-25(23)34)17-8-10-18(11-9-17)27(28,29)30/h4-7,14-15,17-18,21H,8-13H2,1-3H3,(H,33,35). The molecule has 192 valence electrons. The molecule has 1 aliphatic heterocycles. The van der Waals surface area contributed by atoms with E-state index in [-0.39, 0.29) is 36.6 Å². The summed E-state index contributed by atoms with van der Waals surface area (Å²) in [5.41, 5.74) is 4.44. The van der Waals surface area contributed by atoms with Gasteiger partial charge in [-0.1, -0.05) is 32.0 Å². The molecule has 1 unspecified atom stereocenters. The number of hydrogen-bond donors (Lipinski definition) is 1. The average molecular weight is 501 g/mol. The predicted molar refractivity (Wildman–Crippen MR) is 129 cm³/mol. The van der Waals surface area contributed by atoms with E-state index in [1.807, 2.05) is 45.0 Å². The Morgan fingerprint density at radius 3 is 2.56 bits per heavy atom. The molecule has 1 atom stereocenters. The lowest BCUT2D eigenvalue weighted by molar-refractivity contribution is -0.182. The van der Waals surface area contributed by atoms with Gasteiger partial charge in [-0.3, -0.25) is 4.79 Å². The molecule has 2 aromatic heterocycles. The van der Waals surface area contributed by atoms with E-state index in [2.05, 4.69) is 10.4 Å². The van der Waals surface area contributed by atoms with Crippen LogP contribution in [-0.4, -0.2) is 33.3 Å². The monoisotopic (exact) mass is 500 g/mol. The Balaban J connectivity index is 1.46. The fraction of sp³-hybridized carbons (Fsp3) is 0.519. The highest BCUT2D eigenvalue weighted by molar-refractivity contribution is 5.97. The number of rotatable bonds is 4. The Bertz CT molecular complexity index is 1280. The van der Waals surface area contributed by atoms with Crippen LogP contribution in [0.4, 0.5) is 13.2 Å². The van der Waals surface area contributed by atoms with E-state index in [9.17, 15) is 18.0 Å². The number of alkyl halides is 3. The van der Waals surface area contributed by atoms with Crippen LogP contribution in [0.15, 0.2) is 30.5 Å². The number of hydrogen-bond acceptors (Lipinski definition) is 4. The fourth-order valence-corrected chi connectivity index (χ4v) is 5.77. The number of amides is 1. The van der Waals surface area contributed by atoms with Crippen LogP contribution in [0, 0.1) is 12.8 Å². The molecule has 0 radical (unpaired) electrons. The maximum atomic E-state index is 13.5. The lowest BCUT2D eigenvalue weighted by Gasteiger charge is -2.30. The number of aryl methyl sites for hydroxylation is 1. The minimum Gasteiger partial charge on any atom is -0.493 e. The van der Waals surface area contributed by atoms with Crippen molar-refractivity contribution in [3.05, 3.63) is 58.5 Å². The average Bonchev–Trinajstić information content (AvgIpc) is 3.18. The van der Waals surface area contributed by atoms with Crippen LogP contribution in [0.1, 0.15) is 96.7 Å². The van der Waals surface area contributed by atoms with E-state index in [0.29, 0.717) is 37.1 Å². The summed E-state index contributed by atoms with van der Waals surface area (Å²) in [6.07, 6.45) is -0.769. The normalized spacial score (nSPS) is 22.4. The summed E-state index contributed by atoms with van der Waals surface area (Å²) >= 11 is 0. The van der Waals surface area contributed by atoms with Crippen LogP contribution in [-0.2, 0) is 0 Å². The maximum absolute atomic E-state index is 13.5. The summed E-state index contributed by atoms with van der Waals surface area (Å²) in [5, 5.41) is 7.75. The summed E-state index contributed by atoms with van der Waals surface area (Å²) in [7, 11) is 0. The number of carbonyl (C=O) groups is 1. The topological polar surface area (TPSA) is 68.5 Å². The minimum atomic E-state index is -4.14. The molecule has 9 heteroatoms. The first-order chi connectivity index (χ1) is 17.1. The van der Waals surface area contributed by atoms with Crippen molar-refractivity contribution in [3.8, 4) is 5.75 Å². The molecule has 3 heterocycles. The highest BCUT2D eigenvalue weighted by Crippen LogP contribution is 2.44. The Kier molecular flexibility index (Phi) is 6.43. The van der Waals surface area contributed by atoms with Crippen LogP contribution >= 0.6 is 0 Å². The third-order valence-electron chi connectivity index (χ3n) is 7.57. The van der Waals surface area contributed by atoms with Gasteiger partial charge >= 0.3 is 6.18 Å². The summed E-state index contributed by atoms with van der Waals surface area (Å²) in [5.74, 6) is -0.722. The number of ether oxygens (including phenoxy) is 1. The lowest BCUT2D eigenvalue weighted by Crippen LogP contribution is -2.33. The Hall–Kier alpha value is -3.10.